The Bertz CT molecular complexity index is 371. The number of nitrogens with zero attached hydrogens (tertiary/aromatic N) is 2. The van der Waals surface area contributed by atoms with Crippen LogP contribution in [0.1, 0.15) is 64.5 Å². The van der Waals surface area contributed by atoms with E-state index in [0.29, 0.717) is 12.0 Å². The Morgan fingerprint density at radius 1 is 1.24 bits per heavy atom. The molecule has 1 aromatic heterocycles. The third-order valence-electron chi connectivity index (χ3n) is 4.20. The minimum atomic E-state index is 0.567. The van der Waals surface area contributed by atoms with E-state index < -0.39 is 0 Å². The first-order valence-electron chi connectivity index (χ1n) is 6.93. The van der Waals surface area contributed by atoms with Gasteiger partial charge in [-0.1, -0.05) is 32.7 Å². The van der Waals surface area contributed by atoms with Crippen molar-refractivity contribution in [2.24, 2.45) is 11.8 Å². The summed E-state index contributed by atoms with van der Waals surface area (Å²) in [7, 11) is 0. The molecule has 0 radical (unpaired) electrons. The molecular weight excluding hydrogens is 208 g/mol. The third kappa shape index (κ3) is 2.85. The highest BCUT2D eigenvalue weighted by Crippen LogP contribution is 2.35. The zero-order valence-corrected chi connectivity index (χ0v) is 11.6. The van der Waals surface area contributed by atoms with Crippen molar-refractivity contribution in [3.05, 3.63) is 24.3 Å². The zero-order valence-electron chi connectivity index (χ0n) is 11.6. The second-order valence-corrected chi connectivity index (χ2v) is 6.10. The molecule has 0 aliphatic heterocycles. The van der Waals surface area contributed by atoms with Crippen molar-refractivity contribution < 1.29 is 4.57 Å². The molecule has 1 heterocycles. The van der Waals surface area contributed by atoms with Crippen molar-refractivity contribution in [2.75, 3.05) is 0 Å². The number of hydrogen-bond donors (Lipinski definition) is 0. The van der Waals surface area contributed by atoms with Gasteiger partial charge in [0.1, 0.15) is 12.2 Å². The maximum atomic E-state index is 4.38. The SMILES string of the molecule is CC(C)c1cnc[n+](C2CCC(C(C)C)C2)c1. The van der Waals surface area contributed by atoms with Gasteiger partial charge in [0.2, 0.25) is 0 Å². The van der Waals surface area contributed by atoms with E-state index in [1.807, 2.05) is 12.5 Å². The first kappa shape index (κ1) is 12.5. The topological polar surface area (TPSA) is 16.8 Å². The van der Waals surface area contributed by atoms with Crippen molar-refractivity contribution in [2.45, 2.75) is 58.9 Å². The van der Waals surface area contributed by atoms with Crippen LogP contribution in [0.25, 0.3) is 0 Å². The lowest BCUT2D eigenvalue weighted by Gasteiger charge is -2.14. The normalized spacial score (nSPS) is 24.8. The van der Waals surface area contributed by atoms with Gasteiger partial charge in [0.25, 0.3) is 6.33 Å². The summed E-state index contributed by atoms with van der Waals surface area (Å²) in [5.41, 5.74) is 1.35. The van der Waals surface area contributed by atoms with Crippen molar-refractivity contribution >= 4 is 0 Å². The fourth-order valence-electron chi connectivity index (χ4n) is 2.80. The summed E-state index contributed by atoms with van der Waals surface area (Å²) < 4.78 is 2.34. The van der Waals surface area contributed by atoms with Gasteiger partial charge in [0.15, 0.2) is 0 Å². The standard InChI is InChI=1S/C15H25N2/c1-11(2)13-5-6-15(7-13)17-9-14(12(3)4)8-16-10-17/h8-13,15H,5-7H2,1-4H3/q+1. The van der Waals surface area contributed by atoms with E-state index in [4.69, 9.17) is 0 Å². The molecule has 0 aromatic carbocycles. The summed E-state index contributed by atoms with van der Waals surface area (Å²) in [4.78, 5) is 4.38. The maximum Gasteiger partial charge on any atom is 0.286 e. The van der Waals surface area contributed by atoms with E-state index in [0.717, 1.165) is 11.8 Å². The summed E-state index contributed by atoms with van der Waals surface area (Å²) in [6, 6.07) is 0.675. The molecule has 1 aromatic rings. The molecule has 17 heavy (non-hydrogen) atoms. The molecule has 2 rings (SSSR count). The van der Waals surface area contributed by atoms with E-state index in [-0.39, 0.29) is 0 Å². The lowest BCUT2D eigenvalue weighted by atomic mass is 9.94. The van der Waals surface area contributed by atoms with Gasteiger partial charge >= 0.3 is 0 Å². The van der Waals surface area contributed by atoms with Crippen LogP contribution in [-0.2, 0) is 0 Å². The molecular formula is C15H25N2+. The highest BCUT2D eigenvalue weighted by Gasteiger charge is 2.30. The Balaban J connectivity index is 2.11. The zero-order chi connectivity index (χ0) is 12.4. The lowest BCUT2D eigenvalue weighted by molar-refractivity contribution is -0.725. The predicted octanol–water partition coefficient (Wildman–Crippen LogP) is 3.49. The van der Waals surface area contributed by atoms with Gasteiger partial charge in [-0.2, -0.15) is 0 Å². The van der Waals surface area contributed by atoms with Crippen LogP contribution in [0.5, 0.6) is 0 Å². The lowest BCUT2D eigenvalue weighted by Crippen LogP contribution is -2.38. The van der Waals surface area contributed by atoms with Crippen molar-refractivity contribution in [3.63, 3.8) is 0 Å². The van der Waals surface area contributed by atoms with E-state index in [1.165, 1.54) is 24.8 Å². The average Bonchev–Trinajstić information content (AvgIpc) is 2.78. The largest absolute Gasteiger partial charge is 0.286 e. The van der Waals surface area contributed by atoms with E-state index in [1.54, 1.807) is 0 Å². The van der Waals surface area contributed by atoms with Crippen molar-refractivity contribution in [1.82, 2.24) is 4.98 Å². The van der Waals surface area contributed by atoms with Crippen LogP contribution >= 0.6 is 0 Å². The fourth-order valence-corrected chi connectivity index (χ4v) is 2.80. The Morgan fingerprint density at radius 3 is 2.59 bits per heavy atom. The number of rotatable bonds is 3. The molecule has 0 spiro atoms. The Hall–Kier alpha value is -0.920. The molecule has 0 bridgehead atoms. The van der Waals surface area contributed by atoms with Crippen LogP contribution < -0.4 is 4.57 Å². The molecule has 1 saturated carbocycles. The quantitative estimate of drug-likeness (QED) is 0.730. The number of aromatic nitrogens is 2. The maximum absolute atomic E-state index is 4.38. The van der Waals surface area contributed by atoms with Crippen molar-refractivity contribution in [3.8, 4) is 0 Å². The molecule has 94 valence electrons. The summed E-state index contributed by atoms with van der Waals surface area (Å²) in [5.74, 6) is 2.29. The van der Waals surface area contributed by atoms with Gasteiger partial charge in [0.05, 0.1) is 6.20 Å². The van der Waals surface area contributed by atoms with E-state index in [9.17, 15) is 0 Å². The minimum Gasteiger partial charge on any atom is -0.234 e. The Kier molecular flexibility index (Phi) is 3.80. The molecule has 2 nitrogen and oxygen atoms in total. The minimum absolute atomic E-state index is 0.567. The second kappa shape index (κ2) is 5.16. The monoisotopic (exact) mass is 233 g/mol. The second-order valence-electron chi connectivity index (χ2n) is 6.10. The third-order valence-corrected chi connectivity index (χ3v) is 4.20. The van der Waals surface area contributed by atoms with Crippen LogP contribution in [0.4, 0.5) is 0 Å². The van der Waals surface area contributed by atoms with Gasteiger partial charge in [0, 0.05) is 5.56 Å². The van der Waals surface area contributed by atoms with Crippen LogP contribution in [-0.4, -0.2) is 4.98 Å². The van der Waals surface area contributed by atoms with Gasteiger partial charge in [-0.25, -0.2) is 4.57 Å². The Labute approximate surface area is 105 Å². The summed E-state index contributed by atoms with van der Waals surface area (Å²) in [6.45, 7) is 9.15. The smallest absolute Gasteiger partial charge is 0.234 e. The van der Waals surface area contributed by atoms with E-state index in [2.05, 4.69) is 43.4 Å². The molecule has 0 amide bonds. The number of hydrogen-bond acceptors (Lipinski definition) is 1. The fraction of sp³-hybridized carbons (Fsp3) is 0.733. The molecule has 1 fully saturated rings. The van der Waals surface area contributed by atoms with Crippen LogP contribution in [0.3, 0.4) is 0 Å². The molecule has 2 atom stereocenters. The first-order valence-corrected chi connectivity index (χ1v) is 6.93. The van der Waals surface area contributed by atoms with Gasteiger partial charge in [-0.05, 0) is 37.0 Å². The molecule has 0 N–H and O–H groups in total. The summed E-state index contributed by atoms with van der Waals surface area (Å²) in [5, 5.41) is 0. The van der Waals surface area contributed by atoms with Gasteiger partial charge < -0.3 is 0 Å². The summed E-state index contributed by atoms with van der Waals surface area (Å²) in [6.07, 6.45) is 10.3. The van der Waals surface area contributed by atoms with Crippen LogP contribution in [0, 0.1) is 11.8 Å². The molecule has 1 aliphatic carbocycles. The first-order chi connectivity index (χ1) is 8.08. The molecule has 2 heteroatoms. The molecule has 0 saturated heterocycles. The van der Waals surface area contributed by atoms with Gasteiger partial charge in [-0.15, -0.1) is 0 Å². The molecule has 2 unspecified atom stereocenters. The Morgan fingerprint density at radius 2 is 2.00 bits per heavy atom. The highest BCUT2D eigenvalue weighted by molar-refractivity contribution is 5.04. The van der Waals surface area contributed by atoms with Gasteiger partial charge in [-0.3, -0.25) is 0 Å². The van der Waals surface area contributed by atoms with E-state index >= 15 is 0 Å². The highest BCUT2D eigenvalue weighted by atomic mass is 15.0. The van der Waals surface area contributed by atoms with Crippen LogP contribution in [0.2, 0.25) is 0 Å². The van der Waals surface area contributed by atoms with Crippen LogP contribution in [0.15, 0.2) is 18.7 Å². The summed E-state index contributed by atoms with van der Waals surface area (Å²) >= 11 is 0. The molecule has 1 aliphatic rings. The van der Waals surface area contributed by atoms with Crippen molar-refractivity contribution in [1.29, 1.82) is 0 Å². The average molecular weight is 233 g/mol. The predicted molar refractivity (Wildman–Crippen MR) is 69.7 cm³/mol.